The Bertz CT molecular complexity index is 557. The van der Waals surface area contributed by atoms with Crippen LogP contribution >= 0.6 is 11.8 Å². The summed E-state index contributed by atoms with van der Waals surface area (Å²) in [6.45, 7) is 4.98. The summed E-state index contributed by atoms with van der Waals surface area (Å²) in [5, 5.41) is 8.71. The van der Waals surface area contributed by atoms with Crippen molar-refractivity contribution in [1.29, 1.82) is 0 Å². The predicted octanol–water partition coefficient (Wildman–Crippen LogP) is 2.49. The van der Waals surface area contributed by atoms with Crippen molar-refractivity contribution in [3.05, 3.63) is 11.8 Å². The third-order valence-electron chi connectivity index (χ3n) is 4.96. The maximum atomic E-state index is 12.8. The van der Waals surface area contributed by atoms with Gasteiger partial charge in [-0.05, 0) is 31.9 Å². The molecule has 1 aromatic heterocycles. The van der Waals surface area contributed by atoms with Crippen molar-refractivity contribution in [3.63, 3.8) is 0 Å². The van der Waals surface area contributed by atoms with E-state index in [0.29, 0.717) is 11.3 Å². The highest BCUT2D eigenvalue weighted by atomic mass is 32.2. The van der Waals surface area contributed by atoms with Crippen LogP contribution in [0.25, 0.3) is 0 Å². The van der Waals surface area contributed by atoms with Crippen molar-refractivity contribution in [2.75, 3.05) is 17.2 Å². The molecule has 0 radical (unpaired) electrons. The minimum Gasteiger partial charge on any atom is -0.302 e. The molecule has 1 amide bonds. The summed E-state index contributed by atoms with van der Waals surface area (Å²) in [6, 6.07) is 2.44. The number of nitrogens with one attached hydrogen (secondary N) is 1. The first-order valence-corrected chi connectivity index (χ1v) is 9.84. The van der Waals surface area contributed by atoms with Crippen LogP contribution in [0.3, 0.4) is 0 Å². The average Bonchev–Trinajstić information content (AvgIpc) is 3.04. The topological polar surface area (TPSA) is 50.2 Å². The highest BCUT2D eigenvalue weighted by Crippen LogP contribution is 2.30. The van der Waals surface area contributed by atoms with Gasteiger partial charge < -0.3 is 5.32 Å². The van der Waals surface area contributed by atoms with Crippen molar-refractivity contribution >= 4 is 23.5 Å². The molecular weight excluding hydrogens is 308 g/mol. The van der Waals surface area contributed by atoms with Gasteiger partial charge in [-0.3, -0.25) is 14.4 Å². The van der Waals surface area contributed by atoms with Crippen LogP contribution in [-0.2, 0) is 11.8 Å². The zero-order valence-electron chi connectivity index (χ0n) is 14.4. The Hall–Kier alpha value is -1.01. The van der Waals surface area contributed by atoms with Gasteiger partial charge in [0.05, 0.1) is 11.7 Å². The molecule has 2 aliphatic rings. The molecule has 128 valence electrons. The van der Waals surface area contributed by atoms with Crippen LogP contribution < -0.4 is 10.2 Å². The molecule has 0 bridgehead atoms. The van der Waals surface area contributed by atoms with Crippen LogP contribution in [-0.4, -0.2) is 45.3 Å². The lowest BCUT2D eigenvalue weighted by atomic mass is 9.94. The third-order valence-corrected chi connectivity index (χ3v) is 6.28. The summed E-state index contributed by atoms with van der Waals surface area (Å²) in [6.07, 6.45) is 5.98. The standard InChI is InChI=1S/C17H28N4OS/c1-4-23-15-8-6-5-7-13(15)18-14-9-10-21(17(14)22)16-11-12(2)19-20(16)3/h11,13-15,18H,4-10H2,1-3H3/t13-,14+,15-/m1/s1. The number of hydrogen-bond acceptors (Lipinski definition) is 4. The highest BCUT2D eigenvalue weighted by molar-refractivity contribution is 7.99. The first kappa shape index (κ1) is 16.8. The van der Waals surface area contributed by atoms with Gasteiger partial charge >= 0.3 is 0 Å². The van der Waals surface area contributed by atoms with Crippen LogP contribution in [0.1, 0.15) is 44.7 Å². The first-order chi connectivity index (χ1) is 11.1. The second-order valence-electron chi connectivity index (χ2n) is 6.65. The van der Waals surface area contributed by atoms with Crippen LogP contribution in [0, 0.1) is 6.92 Å². The third kappa shape index (κ3) is 3.58. The van der Waals surface area contributed by atoms with Gasteiger partial charge in [-0.25, -0.2) is 0 Å². The Kier molecular flexibility index (Phi) is 5.31. The number of aromatic nitrogens is 2. The fraction of sp³-hybridized carbons (Fsp3) is 0.765. The van der Waals surface area contributed by atoms with E-state index < -0.39 is 0 Å². The largest absolute Gasteiger partial charge is 0.302 e. The number of carbonyl (C=O) groups is 1. The zero-order chi connectivity index (χ0) is 16.4. The Morgan fingerprint density at radius 3 is 2.83 bits per heavy atom. The lowest BCUT2D eigenvalue weighted by molar-refractivity contribution is -0.119. The van der Waals surface area contributed by atoms with Gasteiger partial charge in [0.25, 0.3) is 0 Å². The number of rotatable bonds is 5. The van der Waals surface area contributed by atoms with Crippen molar-refractivity contribution in [3.8, 4) is 0 Å². The summed E-state index contributed by atoms with van der Waals surface area (Å²) in [5.41, 5.74) is 0.957. The van der Waals surface area contributed by atoms with Crippen molar-refractivity contribution in [1.82, 2.24) is 15.1 Å². The fourth-order valence-electron chi connectivity index (χ4n) is 3.87. The highest BCUT2D eigenvalue weighted by Gasteiger charge is 2.37. The van der Waals surface area contributed by atoms with Gasteiger partial charge in [0, 0.05) is 31.0 Å². The number of nitrogens with zero attached hydrogens (tertiary/aromatic N) is 3. The minimum absolute atomic E-state index is 0.0340. The molecule has 1 aliphatic heterocycles. The van der Waals surface area contributed by atoms with E-state index in [1.54, 1.807) is 0 Å². The van der Waals surface area contributed by atoms with Gasteiger partial charge in [-0.15, -0.1) is 0 Å². The lowest BCUT2D eigenvalue weighted by Crippen LogP contribution is -2.49. The molecule has 1 saturated carbocycles. The maximum absolute atomic E-state index is 12.8. The smallest absolute Gasteiger partial charge is 0.245 e. The Morgan fingerprint density at radius 1 is 1.35 bits per heavy atom. The molecule has 6 heteroatoms. The van der Waals surface area contributed by atoms with E-state index in [2.05, 4.69) is 17.3 Å². The molecule has 1 aromatic rings. The van der Waals surface area contributed by atoms with Crippen LogP contribution in [0.4, 0.5) is 5.82 Å². The second kappa shape index (κ2) is 7.26. The number of anilines is 1. The van der Waals surface area contributed by atoms with Gasteiger partial charge in [0.15, 0.2) is 0 Å². The summed E-state index contributed by atoms with van der Waals surface area (Å²) in [7, 11) is 1.91. The normalized spacial score (nSPS) is 28.6. The van der Waals surface area contributed by atoms with Gasteiger partial charge in [0.2, 0.25) is 5.91 Å². The summed E-state index contributed by atoms with van der Waals surface area (Å²) in [5.74, 6) is 2.28. The van der Waals surface area contributed by atoms with Gasteiger partial charge in [-0.2, -0.15) is 16.9 Å². The second-order valence-corrected chi connectivity index (χ2v) is 8.17. The monoisotopic (exact) mass is 336 g/mol. The Labute approximate surface area is 143 Å². The van der Waals surface area contributed by atoms with E-state index in [4.69, 9.17) is 0 Å². The molecule has 3 rings (SSSR count). The van der Waals surface area contributed by atoms with Gasteiger partial charge in [-0.1, -0.05) is 19.8 Å². The van der Waals surface area contributed by atoms with Crippen molar-refractivity contribution in [2.45, 2.75) is 63.3 Å². The van der Waals surface area contributed by atoms with E-state index in [9.17, 15) is 4.79 Å². The number of aryl methyl sites for hydroxylation is 2. The first-order valence-electron chi connectivity index (χ1n) is 8.79. The molecule has 1 N–H and O–H groups in total. The molecule has 1 saturated heterocycles. The molecule has 0 unspecified atom stereocenters. The molecule has 3 atom stereocenters. The molecule has 2 heterocycles. The number of carbonyl (C=O) groups excluding carboxylic acids is 1. The summed E-state index contributed by atoms with van der Waals surface area (Å²) in [4.78, 5) is 14.7. The molecule has 2 fully saturated rings. The van der Waals surface area contributed by atoms with E-state index in [-0.39, 0.29) is 11.9 Å². The fourth-order valence-corrected chi connectivity index (χ4v) is 5.08. The molecule has 0 spiro atoms. The summed E-state index contributed by atoms with van der Waals surface area (Å²) < 4.78 is 1.81. The van der Waals surface area contributed by atoms with E-state index in [1.807, 2.05) is 41.4 Å². The van der Waals surface area contributed by atoms with E-state index >= 15 is 0 Å². The quantitative estimate of drug-likeness (QED) is 0.897. The average molecular weight is 337 g/mol. The van der Waals surface area contributed by atoms with Gasteiger partial charge in [0.1, 0.15) is 5.82 Å². The Balaban J connectivity index is 1.65. The van der Waals surface area contributed by atoms with Crippen LogP contribution in [0.15, 0.2) is 6.07 Å². The number of hydrogen-bond donors (Lipinski definition) is 1. The van der Waals surface area contributed by atoms with E-state index in [0.717, 1.165) is 30.2 Å². The Morgan fingerprint density at radius 2 is 2.13 bits per heavy atom. The maximum Gasteiger partial charge on any atom is 0.245 e. The van der Waals surface area contributed by atoms with Crippen molar-refractivity contribution < 1.29 is 4.79 Å². The predicted molar refractivity (Wildman–Crippen MR) is 96.0 cm³/mol. The van der Waals surface area contributed by atoms with Crippen LogP contribution in [0.5, 0.6) is 0 Å². The molecule has 5 nitrogen and oxygen atoms in total. The van der Waals surface area contributed by atoms with Crippen LogP contribution in [0.2, 0.25) is 0 Å². The summed E-state index contributed by atoms with van der Waals surface area (Å²) >= 11 is 2.05. The number of thioether (sulfide) groups is 1. The number of amides is 1. The lowest BCUT2D eigenvalue weighted by Gasteiger charge is -2.33. The minimum atomic E-state index is -0.0340. The zero-order valence-corrected chi connectivity index (χ0v) is 15.2. The molecule has 23 heavy (non-hydrogen) atoms. The molecular formula is C17H28N4OS. The molecule has 0 aromatic carbocycles. The molecule has 1 aliphatic carbocycles. The SMILES string of the molecule is CCS[C@@H]1CCCC[C@H]1N[C@H]1CCN(c2cc(C)nn2C)C1=O. The van der Waals surface area contributed by atoms with Crippen molar-refractivity contribution in [2.24, 2.45) is 7.05 Å². The van der Waals surface area contributed by atoms with E-state index in [1.165, 1.54) is 25.7 Å².